The van der Waals surface area contributed by atoms with E-state index < -0.39 is 0 Å². The summed E-state index contributed by atoms with van der Waals surface area (Å²) in [5, 5.41) is 0. The van der Waals surface area contributed by atoms with E-state index in [1.54, 1.807) is 0 Å². The fourth-order valence-electron chi connectivity index (χ4n) is 1.34. The molecule has 0 aliphatic rings. The van der Waals surface area contributed by atoms with E-state index in [2.05, 4.69) is 0 Å². The quantitative estimate of drug-likeness (QED) is 0.635. The molecule has 0 aromatic rings. The molecule has 0 aliphatic carbocycles. The molecule has 0 rings (SSSR count). The van der Waals surface area contributed by atoms with Crippen LogP contribution in [0.25, 0.3) is 0 Å². The summed E-state index contributed by atoms with van der Waals surface area (Å²) in [4.78, 5) is 21.1. The summed E-state index contributed by atoms with van der Waals surface area (Å²) < 4.78 is 9.77. The third kappa shape index (κ3) is 9.25. The number of carbonyl (C=O) groups is 2. The molecular formula is C11H20O4. The molecule has 0 saturated carbocycles. The lowest BCUT2D eigenvalue weighted by Gasteiger charge is -2.16. The summed E-state index contributed by atoms with van der Waals surface area (Å²) in [6, 6.07) is 0. The fraction of sp³-hybridized carbons (Fsp3) is 0.818. The average Bonchev–Trinajstić information content (AvgIpc) is 2.11. The molecular weight excluding hydrogens is 196 g/mol. The van der Waals surface area contributed by atoms with Crippen LogP contribution in [0.5, 0.6) is 0 Å². The van der Waals surface area contributed by atoms with Crippen molar-refractivity contribution in [2.75, 3.05) is 13.2 Å². The van der Waals surface area contributed by atoms with E-state index in [-0.39, 0.29) is 11.9 Å². The highest BCUT2D eigenvalue weighted by Crippen LogP contribution is 2.12. The van der Waals surface area contributed by atoms with Crippen LogP contribution in [-0.2, 0) is 19.1 Å². The van der Waals surface area contributed by atoms with E-state index in [4.69, 9.17) is 9.47 Å². The standard InChI is InChI=1S/C11H20O4/c1-8(6-14-10(3)12)5-9(2)7-15-11(4)13/h8-9H,5-7H2,1-4H3. The van der Waals surface area contributed by atoms with Gasteiger partial charge in [0.15, 0.2) is 0 Å². The van der Waals surface area contributed by atoms with Crippen molar-refractivity contribution >= 4 is 11.9 Å². The van der Waals surface area contributed by atoms with Gasteiger partial charge in [0.05, 0.1) is 13.2 Å². The molecule has 2 atom stereocenters. The number of ether oxygens (including phenoxy) is 2. The van der Waals surface area contributed by atoms with Crippen LogP contribution in [0.2, 0.25) is 0 Å². The minimum Gasteiger partial charge on any atom is -0.466 e. The molecule has 4 heteroatoms. The maximum Gasteiger partial charge on any atom is 0.302 e. The van der Waals surface area contributed by atoms with Crippen LogP contribution in [-0.4, -0.2) is 25.2 Å². The Bertz CT molecular complexity index is 191. The second-order valence-corrected chi connectivity index (χ2v) is 4.05. The summed E-state index contributed by atoms with van der Waals surface area (Å²) in [6.45, 7) is 7.67. The Balaban J connectivity index is 3.61. The zero-order valence-electron chi connectivity index (χ0n) is 9.91. The number of hydrogen-bond donors (Lipinski definition) is 0. The molecule has 0 heterocycles. The molecule has 15 heavy (non-hydrogen) atoms. The molecule has 0 aromatic carbocycles. The van der Waals surface area contributed by atoms with E-state index in [0.29, 0.717) is 25.0 Å². The van der Waals surface area contributed by atoms with Crippen LogP contribution >= 0.6 is 0 Å². The minimum absolute atomic E-state index is 0.255. The van der Waals surface area contributed by atoms with Crippen molar-refractivity contribution in [2.45, 2.75) is 34.1 Å². The second kappa shape index (κ2) is 7.26. The second-order valence-electron chi connectivity index (χ2n) is 4.05. The van der Waals surface area contributed by atoms with Crippen molar-refractivity contribution in [2.24, 2.45) is 11.8 Å². The normalized spacial score (nSPS) is 14.1. The van der Waals surface area contributed by atoms with Crippen molar-refractivity contribution in [1.29, 1.82) is 0 Å². The van der Waals surface area contributed by atoms with Crippen LogP contribution in [0.3, 0.4) is 0 Å². The zero-order valence-corrected chi connectivity index (χ0v) is 9.91. The van der Waals surface area contributed by atoms with Gasteiger partial charge in [-0.3, -0.25) is 9.59 Å². The van der Waals surface area contributed by atoms with Crippen LogP contribution < -0.4 is 0 Å². The van der Waals surface area contributed by atoms with Crippen molar-refractivity contribution in [3.63, 3.8) is 0 Å². The van der Waals surface area contributed by atoms with Gasteiger partial charge >= 0.3 is 11.9 Å². The highest BCUT2D eigenvalue weighted by molar-refractivity contribution is 5.66. The van der Waals surface area contributed by atoms with Crippen LogP contribution in [0, 0.1) is 11.8 Å². The topological polar surface area (TPSA) is 52.6 Å². The van der Waals surface area contributed by atoms with E-state index in [1.807, 2.05) is 13.8 Å². The number of carbonyl (C=O) groups excluding carboxylic acids is 2. The molecule has 0 bridgehead atoms. The summed E-state index contributed by atoms with van der Waals surface area (Å²) in [5.41, 5.74) is 0. The Hall–Kier alpha value is -1.06. The number of hydrogen-bond acceptors (Lipinski definition) is 4. The molecule has 0 aromatic heterocycles. The molecule has 0 radical (unpaired) electrons. The Morgan fingerprint density at radius 1 is 0.933 bits per heavy atom. The summed E-state index contributed by atoms with van der Waals surface area (Å²) >= 11 is 0. The molecule has 0 aliphatic heterocycles. The van der Waals surface area contributed by atoms with Gasteiger partial charge in [-0.15, -0.1) is 0 Å². The highest BCUT2D eigenvalue weighted by Gasteiger charge is 2.11. The summed E-state index contributed by atoms with van der Waals surface area (Å²) in [7, 11) is 0. The monoisotopic (exact) mass is 216 g/mol. The molecule has 0 fully saturated rings. The van der Waals surface area contributed by atoms with Crippen LogP contribution in [0.4, 0.5) is 0 Å². The molecule has 0 N–H and O–H groups in total. The van der Waals surface area contributed by atoms with E-state index in [0.717, 1.165) is 6.42 Å². The molecule has 4 nitrogen and oxygen atoms in total. The molecule has 0 amide bonds. The lowest BCUT2D eigenvalue weighted by molar-refractivity contribution is -0.142. The van der Waals surface area contributed by atoms with Gasteiger partial charge in [0.25, 0.3) is 0 Å². The lowest BCUT2D eigenvalue weighted by Crippen LogP contribution is -2.16. The van der Waals surface area contributed by atoms with Gasteiger partial charge in [-0.1, -0.05) is 13.8 Å². The zero-order chi connectivity index (χ0) is 11.8. The van der Waals surface area contributed by atoms with Crippen LogP contribution in [0.15, 0.2) is 0 Å². The predicted molar refractivity (Wildman–Crippen MR) is 56.2 cm³/mol. The Morgan fingerprint density at radius 2 is 1.27 bits per heavy atom. The summed E-state index contributed by atoms with van der Waals surface area (Å²) in [5.74, 6) is 0.0721. The van der Waals surface area contributed by atoms with Crippen molar-refractivity contribution in [3.8, 4) is 0 Å². The maximum atomic E-state index is 10.6. The first kappa shape index (κ1) is 13.9. The highest BCUT2D eigenvalue weighted by atomic mass is 16.5. The molecule has 0 spiro atoms. The van der Waals surface area contributed by atoms with Gasteiger partial charge < -0.3 is 9.47 Å². The van der Waals surface area contributed by atoms with E-state index in [9.17, 15) is 9.59 Å². The SMILES string of the molecule is CC(=O)OCC(C)CC(C)COC(C)=O. The maximum absolute atomic E-state index is 10.6. The third-order valence-corrected chi connectivity index (χ3v) is 1.95. The molecule has 88 valence electrons. The fourth-order valence-corrected chi connectivity index (χ4v) is 1.34. The Kier molecular flexibility index (Phi) is 6.75. The van der Waals surface area contributed by atoms with Gasteiger partial charge in [0.2, 0.25) is 0 Å². The van der Waals surface area contributed by atoms with Gasteiger partial charge in [0, 0.05) is 13.8 Å². The first-order valence-electron chi connectivity index (χ1n) is 5.18. The largest absolute Gasteiger partial charge is 0.466 e. The van der Waals surface area contributed by atoms with Crippen molar-refractivity contribution in [3.05, 3.63) is 0 Å². The lowest BCUT2D eigenvalue weighted by atomic mass is 9.99. The van der Waals surface area contributed by atoms with Gasteiger partial charge in [-0.25, -0.2) is 0 Å². The Morgan fingerprint density at radius 3 is 1.53 bits per heavy atom. The Labute approximate surface area is 90.9 Å². The smallest absolute Gasteiger partial charge is 0.302 e. The van der Waals surface area contributed by atoms with Crippen molar-refractivity contribution < 1.29 is 19.1 Å². The number of esters is 2. The number of rotatable bonds is 6. The molecule has 2 unspecified atom stereocenters. The van der Waals surface area contributed by atoms with E-state index in [1.165, 1.54) is 13.8 Å². The predicted octanol–water partition coefficient (Wildman–Crippen LogP) is 1.77. The van der Waals surface area contributed by atoms with Crippen molar-refractivity contribution in [1.82, 2.24) is 0 Å². The first-order valence-corrected chi connectivity index (χ1v) is 5.18. The third-order valence-electron chi connectivity index (χ3n) is 1.95. The summed E-state index contributed by atoms with van der Waals surface area (Å²) in [6.07, 6.45) is 0.876. The van der Waals surface area contributed by atoms with Gasteiger partial charge in [-0.2, -0.15) is 0 Å². The minimum atomic E-state index is -0.255. The first-order chi connectivity index (χ1) is 6.91. The average molecular weight is 216 g/mol. The van der Waals surface area contributed by atoms with Crippen LogP contribution in [0.1, 0.15) is 34.1 Å². The van der Waals surface area contributed by atoms with Gasteiger partial charge in [0.1, 0.15) is 0 Å². The van der Waals surface area contributed by atoms with Gasteiger partial charge in [-0.05, 0) is 18.3 Å². The molecule has 0 saturated heterocycles. The van der Waals surface area contributed by atoms with E-state index >= 15 is 0 Å².